The maximum absolute atomic E-state index is 12.4. The SMILES string of the molecule is Cc1ncccc1C(=O)N(CCCl)C1CCC1. The van der Waals surface area contributed by atoms with Crippen molar-refractivity contribution in [2.75, 3.05) is 12.4 Å². The number of rotatable bonds is 4. The summed E-state index contributed by atoms with van der Waals surface area (Å²) < 4.78 is 0. The number of aromatic nitrogens is 1. The molecule has 0 radical (unpaired) electrons. The van der Waals surface area contributed by atoms with Gasteiger partial charge in [0.05, 0.1) is 5.56 Å². The number of pyridine rings is 1. The summed E-state index contributed by atoms with van der Waals surface area (Å²) in [6, 6.07) is 4.02. The number of carbonyl (C=O) groups excluding carboxylic acids is 1. The van der Waals surface area contributed by atoms with Crippen LogP contribution in [0.2, 0.25) is 0 Å². The lowest BCUT2D eigenvalue weighted by molar-refractivity contribution is 0.0596. The molecular formula is C13H17ClN2O. The van der Waals surface area contributed by atoms with Gasteiger partial charge in [0.25, 0.3) is 5.91 Å². The molecule has 0 N–H and O–H groups in total. The Morgan fingerprint density at radius 3 is 2.88 bits per heavy atom. The third kappa shape index (κ3) is 2.60. The molecule has 0 atom stereocenters. The number of hydrogen-bond acceptors (Lipinski definition) is 2. The number of nitrogens with zero attached hydrogens (tertiary/aromatic N) is 2. The number of alkyl halides is 1. The van der Waals surface area contributed by atoms with E-state index in [9.17, 15) is 4.79 Å². The Morgan fingerprint density at radius 2 is 2.35 bits per heavy atom. The Kier molecular flexibility index (Phi) is 4.00. The zero-order chi connectivity index (χ0) is 12.3. The van der Waals surface area contributed by atoms with E-state index < -0.39 is 0 Å². The first-order chi connectivity index (χ1) is 8.24. The van der Waals surface area contributed by atoms with Gasteiger partial charge in [0, 0.05) is 30.4 Å². The minimum atomic E-state index is 0.0703. The van der Waals surface area contributed by atoms with E-state index in [0.717, 1.165) is 18.5 Å². The molecule has 0 bridgehead atoms. The maximum Gasteiger partial charge on any atom is 0.255 e. The number of carbonyl (C=O) groups is 1. The molecule has 1 aromatic heterocycles. The van der Waals surface area contributed by atoms with Crippen LogP contribution < -0.4 is 0 Å². The summed E-state index contributed by atoms with van der Waals surface area (Å²) in [5, 5.41) is 0. The first-order valence-corrected chi connectivity index (χ1v) is 6.56. The second-order valence-corrected chi connectivity index (χ2v) is 4.79. The molecule has 0 unspecified atom stereocenters. The van der Waals surface area contributed by atoms with Crippen LogP contribution in [0.3, 0.4) is 0 Å². The monoisotopic (exact) mass is 252 g/mol. The van der Waals surface area contributed by atoms with Gasteiger partial charge in [0.1, 0.15) is 0 Å². The van der Waals surface area contributed by atoms with Crippen LogP contribution in [0.5, 0.6) is 0 Å². The third-order valence-electron chi connectivity index (χ3n) is 3.34. The molecule has 1 aliphatic carbocycles. The van der Waals surface area contributed by atoms with Crippen molar-refractivity contribution in [2.45, 2.75) is 32.2 Å². The summed E-state index contributed by atoms with van der Waals surface area (Å²) >= 11 is 5.78. The van der Waals surface area contributed by atoms with Gasteiger partial charge in [-0.05, 0) is 38.3 Å². The Hall–Kier alpha value is -1.09. The predicted octanol–water partition coefficient (Wildman–Crippen LogP) is 2.62. The first-order valence-electron chi connectivity index (χ1n) is 6.02. The topological polar surface area (TPSA) is 33.2 Å². The van der Waals surface area contributed by atoms with Crippen molar-refractivity contribution in [3.63, 3.8) is 0 Å². The van der Waals surface area contributed by atoms with Gasteiger partial charge >= 0.3 is 0 Å². The molecule has 1 aromatic rings. The number of amides is 1. The summed E-state index contributed by atoms with van der Waals surface area (Å²) in [5.41, 5.74) is 1.49. The molecule has 0 aromatic carbocycles. The molecule has 4 heteroatoms. The largest absolute Gasteiger partial charge is 0.334 e. The molecule has 1 fully saturated rings. The minimum absolute atomic E-state index is 0.0703. The van der Waals surface area contributed by atoms with Gasteiger partial charge < -0.3 is 4.90 Å². The second kappa shape index (κ2) is 5.50. The normalized spacial score (nSPS) is 15.4. The Morgan fingerprint density at radius 1 is 1.59 bits per heavy atom. The fourth-order valence-corrected chi connectivity index (χ4v) is 2.29. The molecule has 0 saturated heterocycles. The molecule has 3 nitrogen and oxygen atoms in total. The summed E-state index contributed by atoms with van der Waals surface area (Å²) in [7, 11) is 0. The summed E-state index contributed by atoms with van der Waals surface area (Å²) in [5.74, 6) is 0.558. The summed E-state index contributed by atoms with van der Waals surface area (Å²) in [6.07, 6.45) is 5.12. The van der Waals surface area contributed by atoms with Crippen molar-refractivity contribution in [2.24, 2.45) is 0 Å². The van der Waals surface area contributed by atoms with Crippen LogP contribution in [0, 0.1) is 6.92 Å². The molecule has 92 valence electrons. The zero-order valence-electron chi connectivity index (χ0n) is 10.0. The highest BCUT2D eigenvalue weighted by atomic mass is 35.5. The standard InChI is InChI=1S/C13H17ClN2O/c1-10-12(6-3-8-15-10)13(17)16(9-7-14)11-4-2-5-11/h3,6,8,11H,2,4-5,7,9H2,1H3. The van der Waals surface area contributed by atoms with Crippen molar-refractivity contribution in [1.29, 1.82) is 0 Å². The second-order valence-electron chi connectivity index (χ2n) is 4.41. The van der Waals surface area contributed by atoms with E-state index in [4.69, 9.17) is 11.6 Å². The summed E-state index contributed by atoms with van der Waals surface area (Å²) in [4.78, 5) is 18.5. The molecule has 1 aliphatic rings. The molecule has 2 rings (SSSR count). The minimum Gasteiger partial charge on any atom is -0.334 e. The van der Waals surface area contributed by atoms with Gasteiger partial charge in [-0.15, -0.1) is 11.6 Å². The highest BCUT2D eigenvalue weighted by Gasteiger charge is 2.29. The van der Waals surface area contributed by atoms with Gasteiger partial charge in [-0.25, -0.2) is 0 Å². The first kappa shape index (κ1) is 12.4. The average Bonchev–Trinajstić information content (AvgIpc) is 2.26. The van der Waals surface area contributed by atoms with E-state index in [1.54, 1.807) is 12.3 Å². The van der Waals surface area contributed by atoms with E-state index in [2.05, 4.69) is 4.98 Å². The smallest absolute Gasteiger partial charge is 0.255 e. The number of hydrogen-bond donors (Lipinski definition) is 0. The van der Waals surface area contributed by atoms with Crippen LogP contribution in [0.15, 0.2) is 18.3 Å². The molecule has 1 amide bonds. The Balaban J connectivity index is 2.18. The number of halogens is 1. The fourth-order valence-electron chi connectivity index (χ4n) is 2.10. The van der Waals surface area contributed by atoms with Gasteiger partial charge in [-0.3, -0.25) is 9.78 Å². The van der Waals surface area contributed by atoms with Gasteiger partial charge in [-0.2, -0.15) is 0 Å². The maximum atomic E-state index is 12.4. The van der Waals surface area contributed by atoms with Gasteiger partial charge in [0.15, 0.2) is 0 Å². The fraction of sp³-hybridized carbons (Fsp3) is 0.538. The van der Waals surface area contributed by atoms with Crippen LogP contribution in [0.4, 0.5) is 0 Å². The van der Waals surface area contributed by atoms with E-state index in [0.29, 0.717) is 24.0 Å². The Bertz CT molecular complexity index is 404. The molecule has 0 aliphatic heterocycles. The Labute approximate surface area is 107 Å². The lowest BCUT2D eigenvalue weighted by atomic mass is 9.91. The highest BCUT2D eigenvalue weighted by Crippen LogP contribution is 2.26. The van der Waals surface area contributed by atoms with Crippen molar-refractivity contribution in [3.8, 4) is 0 Å². The van der Waals surface area contributed by atoms with Crippen LogP contribution >= 0.6 is 11.6 Å². The molecule has 1 heterocycles. The molecule has 17 heavy (non-hydrogen) atoms. The third-order valence-corrected chi connectivity index (χ3v) is 3.51. The van der Waals surface area contributed by atoms with Crippen LogP contribution in [0.25, 0.3) is 0 Å². The van der Waals surface area contributed by atoms with E-state index in [1.165, 1.54) is 6.42 Å². The van der Waals surface area contributed by atoms with Gasteiger partial charge in [-0.1, -0.05) is 0 Å². The van der Waals surface area contributed by atoms with Crippen LogP contribution in [0.1, 0.15) is 35.3 Å². The zero-order valence-corrected chi connectivity index (χ0v) is 10.8. The van der Waals surface area contributed by atoms with Crippen molar-refractivity contribution in [3.05, 3.63) is 29.6 Å². The lowest BCUT2D eigenvalue weighted by Crippen LogP contribution is -2.45. The number of aryl methyl sites for hydroxylation is 1. The van der Waals surface area contributed by atoms with E-state index >= 15 is 0 Å². The summed E-state index contributed by atoms with van der Waals surface area (Å²) in [6.45, 7) is 2.49. The average molecular weight is 253 g/mol. The van der Waals surface area contributed by atoms with E-state index in [1.807, 2.05) is 17.9 Å². The van der Waals surface area contributed by atoms with Crippen molar-refractivity contribution in [1.82, 2.24) is 9.88 Å². The molecule has 1 saturated carbocycles. The van der Waals surface area contributed by atoms with E-state index in [-0.39, 0.29) is 5.91 Å². The molecular weight excluding hydrogens is 236 g/mol. The van der Waals surface area contributed by atoms with Crippen LogP contribution in [-0.4, -0.2) is 34.3 Å². The van der Waals surface area contributed by atoms with Crippen LogP contribution in [-0.2, 0) is 0 Å². The van der Waals surface area contributed by atoms with Gasteiger partial charge in [0.2, 0.25) is 0 Å². The highest BCUT2D eigenvalue weighted by molar-refractivity contribution is 6.18. The van der Waals surface area contributed by atoms with Crippen molar-refractivity contribution >= 4 is 17.5 Å². The predicted molar refractivity (Wildman–Crippen MR) is 68.4 cm³/mol. The van der Waals surface area contributed by atoms with Crippen molar-refractivity contribution < 1.29 is 4.79 Å². The quantitative estimate of drug-likeness (QED) is 0.772. The lowest BCUT2D eigenvalue weighted by Gasteiger charge is -2.37. The molecule has 0 spiro atoms.